The van der Waals surface area contributed by atoms with Gasteiger partial charge in [0.15, 0.2) is 6.29 Å². The van der Waals surface area contributed by atoms with E-state index in [4.69, 9.17) is 20.9 Å². The third kappa shape index (κ3) is 1.60. The van der Waals surface area contributed by atoms with Gasteiger partial charge in [0, 0.05) is 7.11 Å². The molecule has 0 aromatic heterocycles. The van der Waals surface area contributed by atoms with Crippen LogP contribution in [0.5, 0.6) is 0 Å². The Bertz CT molecular complexity index is 151. The summed E-state index contributed by atoms with van der Waals surface area (Å²) in [5.74, 6) is 0. The van der Waals surface area contributed by atoms with E-state index in [0.29, 0.717) is 0 Å². The Balaban J connectivity index is 2.63. The number of aliphatic hydroxyl groups excluding tert-OH is 1. The SMILES string of the molecule is CO[C@H]1O[C@H](C)[C@H](N)[C@@H](O)[C@@H]1N. The van der Waals surface area contributed by atoms with Gasteiger partial charge in [-0.3, -0.25) is 0 Å². The van der Waals surface area contributed by atoms with Crippen molar-refractivity contribution in [3.63, 3.8) is 0 Å². The first-order valence-corrected chi connectivity index (χ1v) is 3.95. The second kappa shape index (κ2) is 3.68. The molecule has 0 saturated carbocycles. The van der Waals surface area contributed by atoms with Gasteiger partial charge < -0.3 is 26.0 Å². The maximum atomic E-state index is 9.51. The highest BCUT2D eigenvalue weighted by Crippen LogP contribution is 2.18. The summed E-state index contributed by atoms with van der Waals surface area (Å²) in [4.78, 5) is 0. The molecule has 1 aliphatic rings. The number of hydrogen-bond acceptors (Lipinski definition) is 5. The van der Waals surface area contributed by atoms with Crippen LogP contribution < -0.4 is 11.5 Å². The normalized spacial score (nSPS) is 49.2. The van der Waals surface area contributed by atoms with Crippen LogP contribution in [-0.2, 0) is 9.47 Å². The summed E-state index contributed by atoms with van der Waals surface area (Å²) in [6.07, 6.45) is -1.56. The van der Waals surface area contributed by atoms with Gasteiger partial charge in [-0.15, -0.1) is 0 Å². The summed E-state index contributed by atoms with van der Waals surface area (Å²) >= 11 is 0. The summed E-state index contributed by atoms with van der Waals surface area (Å²) in [5, 5.41) is 9.51. The van der Waals surface area contributed by atoms with Gasteiger partial charge in [-0.2, -0.15) is 0 Å². The van der Waals surface area contributed by atoms with Crippen molar-refractivity contribution >= 4 is 0 Å². The first-order chi connectivity index (χ1) is 5.57. The van der Waals surface area contributed by atoms with E-state index >= 15 is 0 Å². The Kier molecular flexibility index (Phi) is 3.03. The summed E-state index contributed by atoms with van der Waals surface area (Å²) in [6, 6.07) is -1.01. The smallest absolute Gasteiger partial charge is 0.175 e. The second-order valence-electron chi connectivity index (χ2n) is 3.09. The fourth-order valence-corrected chi connectivity index (χ4v) is 1.30. The highest BCUT2D eigenvalue weighted by Gasteiger charge is 2.39. The molecule has 1 fully saturated rings. The molecular weight excluding hydrogens is 160 g/mol. The van der Waals surface area contributed by atoms with Crippen molar-refractivity contribution in [2.24, 2.45) is 11.5 Å². The van der Waals surface area contributed by atoms with E-state index in [1.807, 2.05) is 0 Å². The fourth-order valence-electron chi connectivity index (χ4n) is 1.30. The van der Waals surface area contributed by atoms with Crippen LogP contribution in [0, 0.1) is 0 Å². The van der Waals surface area contributed by atoms with Crippen LogP contribution in [0.4, 0.5) is 0 Å². The van der Waals surface area contributed by atoms with Crippen molar-refractivity contribution in [1.29, 1.82) is 0 Å². The third-order valence-electron chi connectivity index (χ3n) is 2.23. The van der Waals surface area contributed by atoms with Gasteiger partial charge in [0.05, 0.1) is 24.3 Å². The standard InChI is InChI=1S/C7H16N2O3/c1-3-4(8)6(10)5(9)7(11-2)12-3/h3-7,10H,8-9H2,1-2H3/t3-,4+,5+,6-,7+/m1/s1. The quantitative estimate of drug-likeness (QED) is 0.447. The van der Waals surface area contributed by atoms with Crippen molar-refractivity contribution in [2.45, 2.75) is 37.5 Å². The zero-order valence-electron chi connectivity index (χ0n) is 7.31. The van der Waals surface area contributed by atoms with E-state index in [2.05, 4.69) is 0 Å². The van der Waals surface area contributed by atoms with E-state index in [0.717, 1.165) is 0 Å². The van der Waals surface area contributed by atoms with Crippen molar-refractivity contribution < 1.29 is 14.6 Å². The van der Waals surface area contributed by atoms with Crippen LogP contribution in [0.15, 0.2) is 0 Å². The van der Waals surface area contributed by atoms with Crippen molar-refractivity contribution in [2.75, 3.05) is 7.11 Å². The van der Waals surface area contributed by atoms with Gasteiger partial charge in [0.1, 0.15) is 0 Å². The van der Waals surface area contributed by atoms with Crippen LogP contribution >= 0.6 is 0 Å². The lowest BCUT2D eigenvalue weighted by molar-refractivity contribution is -0.216. The molecule has 12 heavy (non-hydrogen) atoms. The molecule has 0 aliphatic carbocycles. The molecule has 0 aromatic carbocycles. The first kappa shape index (κ1) is 9.88. The highest BCUT2D eigenvalue weighted by molar-refractivity contribution is 4.92. The Hall–Kier alpha value is -0.200. The van der Waals surface area contributed by atoms with Crippen LogP contribution in [-0.4, -0.2) is 42.8 Å². The minimum absolute atomic E-state index is 0.232. The maximum Gasteiger partial charge on any atom is 0.175 e. The largest absolute Gasteiger partial charge is 0.390 e. The molecule has 0 amide bonds. The Morgan fingerprint density at radius 2 is 1.92 bits per heavy atom. The summed E-state index contributed by atoms with van der Waals surface area (Å²) < 4.78 is 10.2. The molecule has 1 aliphatic heterocycles. The molecule has 0 unspecified atom stereocenters. The first-order valence-electron chi connectivity index (χ1n) is 3.95. The number of hydrogen-bond donors (Lipinski definition) is 3. The predicted octanol–water partition coefficient (Wildman–Crippen LogP) is -1.61. The van der Waals surface area contributed by atoms with Gasteiger partial charge in [-0.25, -0.2) is 0 Å². The minimum Gasteiger partial charge on any atom is -0.390 e. The monoisotopic (exact) mass is 176 g/mol. The fraction of sp³-hybridized carbons (Fsp3) is 1.00. The van der Waals surface area contributed by atoms with Gasteiger partial charge in [-0.1, -0.05) is 0 Å². The number of ether oxygens (including phenoxy) is 2. The van der Waals surface area contributed by atoms with E-state index in [1.54, 1.807) is 6.92 Å². The number of nitrogens with two attached hydrogens (primary N) is 2. The molecular formula is C7H16N2O3. The zero-order valence-corrected chi connectivity index (χ0v) is 7.31. The summed E-state index contributed by atoms with van der Waals surface area (Å²) in [6.45, 7) is 1.78. The average Bonchev–Trinajstić information content (AvgIpc) is 2.08. The minimum atomic E-state index is -0.765. The Labute approximate surface area is 71.6 Å². The van der Waals surface area contributed by atoms with Gasteiger partial charge >= 0.3 is 0 Å². The van der Waals surface area contributed by atoms with E-state index in [9.17, 15) is 5.11 Å². The van der Waals surface area contributed by atoms with Gasteiger partial charge in [-0.05, 0) is 6.92 Å². The Morgan fingerprint density at radius 1 is 1.33 bits per heavy atom. The summed E-state index contributed by atoms with van der Waals surface area (Å²) in [5.41, 5.74) is 11.2. The van der Waals surface area contributed by atoms with Crippen molar-refractivity contribution in [3.8, 4) is 0 Å². The second-order valence-corrected chi connectivity index (χ2v) is 3.09. The molecule has 5 atom stereocenters. The lowest BCUT2D eigenvalue weighted by Crippen LogP contribution is -2.63. The number of aliphatic hydroxyl groups is 1. The van der Waals surface area contributed by atoms with Crippen molar-refractivity contribution in [1.82, 2.24) is 0 Å². The predicted molar refractivity (Wildman–Crippen MR) is 43.3 cm³/mol. The third-order valence-corrected chi connectivity index (χ3v) is 2.23. The number of rotatable bonds is 1. The lowest BCUT2D eigenvalue weighted by atomic mass is 9.97. The van der Waals surface area contributed by atoms with E-state index in [1.165, 1.54) is 7.11 Å². The molecule has 0 aromatic rings. The molecule has 5 heteroatoms. The van der Waals surface area contributed by atoms with Gasteiger partial charge in [0.2, 0.25) is 0 Å². The van der Waals surface area contributed by atoms with E-state index < -0.39 is 24.5 Å². The topological polar surface area (TPSA) is 90.7 Å². The Morgan fingerprint density at radius 3 is 2.42 bits per heavy atom. The molecule has 1 rings (SSSR count). The average molecular weight is 176 g/mol. The maximum absolute atomic E-state index is 9.51. The molecule has 0 bridgehead atoms. The van der Waals surface area contributed by atoms with Crippen LogP contribution in [0.1, 0.15) is 6.92 Å². The van der Waals surface area contributed by atoms with Gasteiger partial charge in [0.25, 0.3) is 0 Å². The molecule has 1 heterocycles. The van der Waals surface area contributed by atoms with Crippen LogP contribution in [0.3, 0.4) is 0 Å². The van der Waals surface area contributed by atoms with Crippen LogP contribution in [0.25, 0.3) is 0 Å². The zero-order chi connectivity index (χ0) is 9.30. The molecule has 72 valence electrons. The molecule has 5 N–H and O–H groups in total. The number of methoxy groups -OCH3 is 1. The molecule has 0 spiro atoms. The van der Waals surface area contributed by atoms with Crippen LogP contribution in [0.2, 0.25) is 0 Å². The highest BCUT2D eigenvalue weighted by atomic mass is 16.7. The summed E-state index contributed by atoms with van der Waals surface area (Å²) in [7, 11) is 1.49. The molecule has 1 saturated heterocycles. The molecule has 5 nitrogen and oxygen atoms in total. The van der Waals surface area contributed by atoms with Crippen molar-refractivity contribution in [3.05, 3.63) is 0 Å². The molecule has 0 radical (unpaired) electrons. The lowest BCUT2D eigenvalue weighted by Gasteiger charge is -2.39. The van der Waals surface area contributed by atoms with E-state index in [-0.39, 0.29) is 6.10 Å².